The Balaban J connectivity index is 2.02. The molecule has 162 valence electrons. The van der Waals surface area contributed by atoms with Gasteiger partial charge in [-0.15, -0.1) is 0 Å². The van der Waals surface area contributed by atoms with E-state index in [-0.39, 0.29) is 11.7 Å². The summed E-state index contributed by atoms with van der Waals surface area (Å²) < 4.78 is 10.8. The van der Waals surface area contributed by atoms with Crippen LogP contribution >= 0.6 is 11.8 Å². The molecule has 0 fully saturated rings. The summed E-state index contributed by atoms with van der Waals surface area (Å²) >= 11 is 1.05. The van der Waals surface area contributed by atoms with Crippen molar-refractivity contribution in [2.24, 2.45) is 4.99 Å². The van der Waals surface area contributed by atoms with E-state index >= 15 is 0 Å². The Morgan fingerprint density at radius 2 is 1.90 bits per heavy atom. The molecule has 1 heterocycles. The van der Waals surface area contributed by atoms with E-state index in [2.05, 4.69) is 15.6 Å². The van der Waals surface area contributed by atoms with Gasteiger partial charge in [-0.05, 0) is 31.2 Å². The van der Waals surface area contributed by atoms with Crippen molar-refractivity contribution >= 4 is 34.5 Å². The molecule has 1 atom stereocenters. The lowest BCUT2D eigenvalue weighted by molar-refractivity contribution is -0.133. The van der Waals surface area contributed by atoms with Gasteiger partial charge < -0.3 is 25.2 Å². The maximum atomic E-state index is 13.2. The number of amidine groups is 1. The molecule has 2 aromatic rings. The topological polar surface area (TPSA) is 109 Å². The van der Waals surface area contributed by atoms with Crippen LogP contribution in [0.5, 0.6) is 11.5 Å². The van der Waals surface area contributed by atoms with Gasteiger partial charge in [-0.1, -0.05) is 30.0 Å². The van der Waals surface area contributed by atoms with E-state index in [0.717, 1.165) is 11.8 Å². The fourth-order valence-electron chi connectivity index (χ4n) is 3.13. The van der Waals surface area contributed by atoms with Crippen LogP contribution in [0.2, 0.25) is 0 Å². The zero-order valence-corrected chi connectivity index (χ0v) is 18.2. The molecular formula is C22H23N3O5S. The SMILES string of the molecule is COc1ccc([C@H]2N=C(SCC(=O)O)NC(C)=C2C(=O)Nc2ccccc2)c(OC)c1. The molecule has 3 N–H and O–H groups in total. The first kappa shape index (κ1) is 22.2. The van der Waals surface area contributed by atoms with Gasteiger partial charge in [0.15, 0.2) is 5.17 Å². The average Bonchev–Trinajstić information content (AvgIpc) is 2.77. The van der Waals surface area contributed by atoms with Crippen molar-refractivity contribution in [3.63, 3.8) is 0 Å². The highest BCUT2D eigenvalue weighted by atomic mass is 32.2. The number of hydrogen-bond acceptors (Lipinski definition) is 7. The number of thioether (sulfide) groups is 1. The van der Waals surface area contributed by atoms with Crippen LogP contribution in [0.3, 0.4) is 0 Å². The van der Waals surface area contributed by atoms with Gasteiger partial charge in [-0.3, -0.25) is 9.59 Å². The van der Waals surface area contributed by atoms with Gasteiger partial charge in [0.25, 0.3) is 5.91 Å². The minimum atomic E-state index is -0.956. The van der Waals surface area contributed by atoms with Crippen molar-refractivity contribution in [2.45, 2.75) is 13.0 Å². The molecule has 0 bridgehead atoms. The van der Waals surface area contributed by atoms with Crippen molar-refractivity contribution < 1.29 is 24.2 Å². The molecular weight excluding hydrogens is 418 g/mol. The van der Waals surface area contributed by atoms with Crippen LogP contribution in [-0.4, -0.2) is 42.1 Å². The number of carbonyl (C=O) groups excluding carboxylic acids is 1. The number of anilines is 1. The van der Waals surface area contributed by atoms with Crippen molar-refractivity contribution in [2.75, 3.05) is 25.3 Å². The summed E-state index contributed by atoms with van der Waals surface area (Å²) in [5.74, 6) is -0.310. The summed E-state index contributed by atoms with van der Waals surface area (Å²) in [6, 6.07) is 13.7. The number of ether oxygens (including phenoxy) is 2. The van der Waals surface area contributed by atoms with Crippen molar-refractivity contribution in [1.82, 2.24) is 5.32 Å². The van der Waals surface area contributed by atoms with E-state index in [0.29, 0.717) is 39.2 Å². The van der Waals surface area contributed by atoms with Gasteiger partial charge in [-0.25, -0.2) is 4.99 Å². The molecule has 0 aromatic heterocycles. The molecule has 3 rings (SSSR count). The van der Waals surface area contributed by atoms with E-state index in [4.69, 9.17) is 14.6 Å². The summed E-state index contributed by atoms with van der Waals surface area (Å²) in [5, 5.41) is 15.4. The number of methoxy groups -OCH3 is 2. The quantitative estimate of drug-likeness (QED) is 0.604. The number of carboxylic acid groups (broad SMARTS) is 1. The second-order valence-corrected chi connectivity index (χ2v) is 7.57. The lowest BCUT2D eigenvalue weighted by Crippen LogP contribution is -2.32. The molecule has 2 aromatic carbocycles. The predicted molar refractivity (Wildman–Crippen MR) is 121 cm³/mol. The number of amides is 1. The number of aliphatic carboxylic acids is 1. The van der Waals surface area contributed by atoms with Gasteiger partial charge in [0.05, 0.1) is 25.5 Å². The summed E-state index contributed by atoms with van der Waals surface area (Å²) in [5.41, 5.74) is 2.31. The summed E-state index contributed by atoms with van der Waals surface area (Å²) in [4.78, 5) is 28.9. The summed E-state index contributed by atoms with van der Waals surface area (Å²) in [6.45, 7) is 1.76. The maximum Gasteiger partial charge on any atom is 0.313 e. The zero-order valence-electron chi connectivity index (χ0n) is 17.3. The molecule has 0 saturated heterocycles. The first-order chi connectivity index (χ1) is 14.9. The minimum absolute atomic E-state index is 0.156. The van der Waals surface area contributed by atoms with Crippen LogP contribution in [-0.2, 0) is 9.59 Å². The van der Waals surface area contributed by atoms with Gasteiger partial charge in [0.2, 0.25) is 0 Å². The number of benzene rings is 2. The van der Waals surface area contributed by atoms with Crippen LogP contribution < -0.4 is 20.1 Å². The van der Waals surface area contributed by atoms with Gasteiger partial charge in [0.1, 0.15) is 17.5 Å². The number of para-hydroxylation sites is 1. The largest absolute Gasteiger partial charge is 0.497 e. The Morgan fingerprint density at radius 3 is 2.55 bits per heavy atom. The molecule has 31 heavy (non-hydrogen) atoms. The molecule has 0 aliphatic carbocycles. The van der Waals surface area contributed by atoms with E-state index in [9.17, 15) is 9.59 Å². The number of carboxylic acids is 1. The van der Waals surface area contributed by atoms with Crippen LogP contribution in [0, 0.1) is 0 Å². The first-order valence-electron chi connectivity index (χ1n) is 9.41. The van der Waals surface area contributed by atoms with Crippen LogP contribution in [0.15, 0.2) is 64.8 Å². The second kappa shape index (κ2) is 10.0. The molecule has 0 unspecified atom stereocenters. The molecule has 0 spiro atoms. The molecule has 1 aliphatic heterocycles. The van der Waals surface area contributed by atoms with Gasteiger partial charge >= 0.3 is 5.97 Å². The second-order valence-electron chi connectivity index (χ2n) is 6.61. The fraction of sp³-hybridized carbons (Fsp3) is 0.227. The highest BCUT2D eigenvalue weighted by molar-refractivity contribution is 8.14. The number of aliphatic imine (C=N–C) groups is 1. The third-order valence-corrected chi connectivity index (χ3v) is 5.43. The van der Waals surface area contributed by atoms with Crippen LogP contribution in [0.4, 0.5) is 5.69 Å². The Labute approximate surface area is 184 Å². The summed E-state index contributed by atoms with van der Waals surface area (Å²) in [7, 11) is 3.09. The van der Waals surface area contributed by atoms with Crippen molar-refractivity contribution in [3.05, 3.63) is 65.4 Å². The van der Waals surface area contributed by atoms with E-state index < -0.39 is 12.0 Å². The zero-order chi connectivity index (χ0) is 22.4. The Morgan fingerprint density at radius 1 is 1.16 bits per heavy atom. The molecule has 8 nitrogen and oxygen atoms in total. The third kappa shape index (κ3) is 5.37. The normalized spacial score (nSPS) is 15.6. The highest BCUT2D eigenvalue weighted by Gasteiger charge is 2.31. The monoisotopic (exact) mass is 441 g/mol. The third-order valence-electron chi connectivity index (χ3n) is 4.56. The van der Waals surface area contributed by atoms with E-state index in [1.807, 2.05) is 18.2 Å². The lowest BCUT2D eigenvalue weighted by atomic mass is 9.95. The van der Waals surface area contributed by atoms with Crippen LogP contribution in [0.25, 0.3) is 0 Å². The predicted octanol–water partition coefficient (Wildman–Crippen LogP) is 3.43. The number of nitrogens with zero attached hydrogens (tertiary/aromatic N) is 1. The maximum absolute atomic E-state index is 13.2. The van der Waals surface area contributed by atoms with E-state index in [1.54, 1.807) is 44.4 Å². The van der Waals surface area contributed by atoms with Gasteiger partial charge in [0, 0.05) is 23.0 Å². The Kier molecular flexibility index (Phi) is 7.19. The van der Waals surface area contributed by atoms with Gasteiger partial charge in [-0.2, -0.15) is 0 Å². The first-order valence-corrected chi connectivity index (χ1v) is 10.4. The number of carbonyl (C=O) groups is 2. The highest BCUT2D eigenvalue weighted by Crippen LogP contribution is 2.39. The fourth-order valence-corrected chi connectivity index (χ4v) is 3.80. The smallest absolute Gasteiger partial charge is 0.313 e. The van der Waals surface area contributed by atoms with E-state index in [1.165, 1.54) is 7.11 Å². The van der Waals surface area contributed by atoms with Crippen LogP contribution in [0.1, 0.15) is 18.5 Å². The number of hydrogen-bond donors (Lipinski definition) is 3. The standard InChI is InChI=1S/C22H23N3O5S/c1-13-19(21(28)24-14-7-5-4-6-8-14)20(25-22(23-13)31-12-18(26)27)16-10-9-15(29-2)11-17(16)30-3/h4-11,20H,12H2,1-3H3,(H,23,25)(H,24,28)(H,26,27)/t20-/m1/s1. The lowest BCUT2D eigenvalue weighted by Gasteiger charge is -2.27. The van der Waals surface area contributed by atoms with Crippen molar-refractivity contribution in [1.29, 1.82) is 0 Å². The molecule has 0 saturated carbocycles. The minimum Gasteiger partial charge on any atom is -0.497 e. The average molecular weight is 442 g/mol. The molecule has 1 aliphatic rings. The van der Waals surface area contributed by atoms with Crippen molar-refractivity contribution in [3.8, 4) is 11.5 Å². The number of nitrogens with one attached hydrogen (secondary N) is 2. The number of rotatable bonds is 7. The number of allylic oxidation sites excluding steroid dienone is 1. The molecule has 9 heteroatoms. The Bertz CT molecular complexity index is 1040. The molecule has 1 amide bonds. The molecule has 0 radical (unpaired) electrons. The summed E-state index contributed by atoms with van der Waals surface area (Å²) in [6.07, 6.45) is 0. The Hall–Kier alpha value is -3.46.